The molecule has 15 heavy (non-hydrogen) atoms. The molecule has 0 N–H and O–H groups in total. The third kappa shape index (κ3) is 3.71. The van der Waals surface area contributed by atoms with E-state index in [4.69, 9.17) is 0 Å². The average Bonchev–Trinajstić information content (AvgIpc) is 1.98. The first-order valence-corrected chi connectivity index (χ1v) is 6.12. The maximum Gasteiger partial charge on any atom is 0.353 e. The summed E-state index contributed by atoms with van der Waals surface area (Å²) in [7, 11) is -3.75. The van der Waals surface area contributed by atoms with Crippen molar-refractivity contribution in [1.82, 2.24) is 0 Å². The van der Waals surface area contributed by atoms with E-state index in [-0.39, 0.29) is 5.56 Å². The molecule has 0 bridgehead atoms. The minimum absolute atomic E-state index is 0.248. The Labute approximate surface area is 89.0 Å². The van der Waals surface area contributed by atoms with Gasteiger partial charge in [-0.3, -0.25) is 0 Å². The van der Waals surface area contributed by atoms with Crippen LogP contribution in [-0.4, -0.2) is 20.6 Å². The topological polar surface area (TPSA) is 60.4 Å². The van der Waals surface area contributed by atoms with Crippen LogP contribution in [0, 0.1) is 13.8 Å². The van der Waals surface area contributed by atoms with Gasteiger partial charge in [0.05, 0.1) is 11.8 Å². The van der Waals surface area contributed by atoms with E-state index in [1.807, 2.05) is 19.9 Å². The molecule has 0 saturated carbocycles. The van der Waals surface area contributed by atoms with E-state index in [2.05, 4.69) is 4.18 Å². The van der Waals surface area contributed by atoms with Crippen LogP contribution >= 0.6 is 0 Å². The number of hydrogen-bond donors (Lipinski definition) is 0. The zero-order valence-electron chi connectivity index (χ0n) is 8.77. The Morgan fingerprint density at radius 1 is 1.13 bits per heavy atom. The predicted octanol–water partition coefficient (Wildman–Crippen LogP) is 1.42. The van der Waals surface area contributed by atoms with Gasteiger partial charge in [0.1, 0.15) is 0 Å². The minimum atomic E-state index is -3.75. The molecule has 1 aromatic carbocycles. The van der Waals surface area contributed by atoms with Crippen LogP contribution < -0.4 is 0 Å². The molecule has 0 aromatic heterocycles. The molecule has 0 aliphatic rings. The molecule has 1 rings (SSSR count). The summed E-state index contributed by atoms with van der Waals surface area (Å²) in [6, 6.07) is 5.05. The number of benzene rings is 1. The fraction of sp³-hybridized carbons (Fsp3) is 0.300. The van der Waals surface area contributed by atoms with Gasteiger partial charge >= 0.3 is 16.1 Å². The highest BCUT2D eigenvalue weighted by Gasteiger charge is 2.13. The summed E-state index contributed by atoms with van der Waals surface area (Å²) in [6.07, 6.45) is 0.841. The Morgan fingerprint density at radius 3 is 2.00 bits per heavy atom. The van der Waals surface area contributed by atoms with Gasteiger partial charge in [0.2, 0.25) is 0 Å². The molecule has 4 nitrogen and oxygen atoms in total. The summed E-state index contributed by atoms with van der Waals surface area (Å²) in [6.45, 7) is 3.65. The Morgan fingerprint density at radius 2 is 1.60 bits per heavy atom. The van der Waals surface area contributed by atoms with Gasteiger partial charge in [-0.05, 0) is 26.0 Å². The highest BCUT2D eigenvalue weighted by atomic mass is 32.2. The van der Waals surface area contributed by atoms with E-state index < -0.39 is 16.1 Å². The molecule has 0 spiro atoms. The predicted molar refractivity (Wildman–Crippen MR) is 56.2 cm³/mol. The Kier molecular flexibility index (Phi) is 3.14. The SMILES string of the molecule is Cc1cc(C)cc(C(=O)OS(C)(=O)=O)c1. The molecule has 5 heteroatoms. The summed E-state index contributed by atoms with van der Waals surface area (Å²) < 4.78 is 25.8. The fourth-order valence-electron chi connectivity index (χ4n) is 1.28. The summed E-state index contributed by atoms with van der Waals surface area (Å²) in [5.74, 6) is -0.843. The second-order valence-electron chi connectivity index (χ2n) is 3.45. The van der Waals surface area contributed by atoms with Gasteiger partial charge < -0.3 is 4.18 Å². The van der Waals surface area contributed by atoms with E-state index in [9.17, 15) is 13.2 Å². The summed E-state index contributed by atoms with van der Waals surface area (Å²) in [5.41, 5.74) is 2.02. The quantitative estimate of drug-likeness (QED) is 0.718. The van der Waals surface area contributed by atoms with Crippen molar-refractivity contribution in [2.24, 2.45) is 0 Å². The largest absolute Gasteiger partial charge is 0.353 e. The van der Waals surface area contributed by atoms with Gasteiger partial charge in [0.25, 0.3) is 0 Å². The molecule has 0 atom stereocenters. The van der Waals surface area contributed by atoms with Crippen LogP contribution in [0.1, 0.15) is 21.5 Å². The van der Waals surface area contributed by atoms with Crippen molar-refractivity contribution in [2.45, 2.75) is 13.8 Å². The molecule has 82 valence electrons. The van der Waals surface area contributed by atoms with E-state index in [1.165, 1.54) is 0 Å². The highest BCUT2D eigenvalue weighted by molar-refractivity contribution is 7.86. The molecule has 0 fully saturated rings. The zero-order chi connectivity index (χ0) is 11.6. The van der Waals surface area contributed by atoms with E-state index in [0.29, 0.717) is 0 Å². The van der Waals surface area contributed by atoms with Gasteiger partial charge in [-0.1, -0.05) is 17.2 Å². The molecule has 0 saturated heterocycles. The number of carbonyl (C=O) groups is 1. The number of rotatable bonds is 2. The summed E-state index contributed by atoms with van der Waals surface area (Å²) in [4.78, 5) is 11.4. The van der Waals surface area contributed by atoms with Crippen molar-refractivity contribution in [3.63, 3.8) is 0 Å². The summed E-state index contributed by atoms with van der Waals surface area (Å²) >= 11 is 0. The molecule has 0 amide bonds. The van der Waals surface area contributed by atoms with Crippen LogP contribution in [0.25, 0.3) is 0 Å². The smallest absolute Gasteiger partial charge is 0.341 e. The average molecular weight is 228 g/mol. The van der Waals surface area contributed by atoms with Gasteiger partial charge in [0, 0.05) is 0 Å². The van der Waals surface area contributed by atoms with Crippen LogP contribution in [0.3, 0.4) is 0 Å². The lowest BCUT2D eigenvalue weighted by Crippen LogP contribution is -2.11. The first-order chi connectivity index (χ1) is 6.78. The maximum absolute atomic E-state index is 11.4. The molecule has 0 aliphatic heterocycles. The molecule has 1 aromatic rings. The van der Waals surface area contributed by atoms with Crippen molar-refractivity contribution in [3.8, 4) is 0 Å². The van der Waals surface area contributed by atoms with Crippen molar-refractivity contribution in [2.75, 3.05) is 6.26 Å². The maximum atomic E-state index is 11.4. The first-order valence-electron chi connectivity index (χ1n) is 4.30. The Balaban J connectivity index is 3.02. The van der Waals surface area contributed by atoms with Gasteiger partial charge in [-0.2, -0.15) is 8.42 Å². The summed E-state index contributed by atoms with van der Waals surface area (Å²) in [5, 5.41) is 0. The van der Waals surface area contributed by atoms with Gasteiger partial charge in [-0.15, -0.1) is 0 Å². The number of carbonyl (C=O) groups excluding carboxylic acids is 1. The third-order valence-electron chi connectivity index (χ3n) is 1.68. The zero-order valence-corrected chi connectivity index (χ0v) is 9.59. The molecular weight excluding hydrogens is 216 g/mol. The third-order valence-corrected chi connectivity index (χ3v) is 2.14. The van der Waals surface area contributed by atoms with E-state index in [0.717, 1.165) is 17.4 Å². The van der Waals surface area contributed by atoms with Crippen molar-refractivity contribution >= 4 is 16.1 Å². The number of hydrogen-bond acceptors (Lipinski definition) is 4. The molecule has 0 heterocycles. The van der Waals surface area contributed by atoms with Crippen LogP contribution in [0.15, 0.2) is 18.2 Å². The molecule has 0 unspecified atom stereocenters. The van der Waals surface area contributed by atoms with Gasteiger partial charge in [0.15, 0.2) is 0 Å². The monoisotopic (exact) mass is 228 g/mol. The van der Waals surface area contributed by atoms with Crippen molar-refractivity contribution in [1.29, 1.82) is 0 Å². The van der Waals surface area contributed by atoms with E-state index in [1.54, 1.807) is 12.1 Å². The second kappa shape index (κ2) is 4.02. The highest BCUT2D eigenvalue weighted by Crippen LogP contribution is 2.10. The Hall–Kier alpha value is -1.36. The number of aryl methyl sites for hydroxylation is 2. The lowest BCUT2D eigenvalue weighted by Gasteiger charge is -2.03. The van der Waals surface area contributed by atoms with Crippen LogP contribution in [0.5, 0.6) is 0 Å². The minimum Gasteiger partial charge on any atom is -0.341 e. The fourth-order valence-corrected chi connectivity index (χ4v) is 1.65. The molecule has 0 radical (unpaired) electrons. The van der Waals surface area contributed by atoms with Crippen LogP contribution in [0.2, 0.25) is 0 Å². The lowest BCUT2D eigenvalue weighted by molar-refractivity contribution is 0.0748. The van der Waals surface area contributed by atoms with Gasteiger partial charge in [-0.25, -0.2) is 4.79 Å². The first kappa shape index (κ1) is 11.7. The molecular formula is C10H12O4S. The van der Waals surface area contributed by atoms with Crippen molar-refractivity contribution < 1.29 is 17.4 Å². The second-order valence-corrected chi connectivity index (χ2v) is 5.03. The van der Waals surface area contributed by atoms with Crippen LogP contribution in [-0.2, 0) is 14.3 Å². The standard InChI is InChI=1S/C10H12O4S/c1-7-4-8(2)6-9(5-7)10(11)14-15(3,12)13/h4-6H,1-3H3. The normalized spacial score (nSPS) is 11.1. The van der Waals surface area contributed by atoms with Crippen LogP contribution in [0.4, 0.5) is 0 Å². The van der Waals surface area contributed by atoms with Crippen molar-refractivity contribution in [3.05, 3.63) is 34.9 Å². The van der Waals surface area contributed by atoms with E-state index >= 15 is 0 Å². The lowest BCUT2D eigenvalue weighted by atomic mass is 10.1. The Bertz CT molecular complexity index is 468. The molecule has 0 aliphatic carbocycles.